The zero-order valence-corrected chi connectivity index (χ0v) is 21.2. The first-order valence-corrected chi connectivity index (χ1v) is 12.1. The molecule has 0 radical (unpaired) electrons. The Hall–Kier alpha value is -5.38. The third kappa shape index (κ3) is 6.02. The van der Waals surface area contributed by atoms with E-state index >= 15 is 0 Å². The van der Waals surface area contributed by atoms with Gasteiger partial charge in [0.15, 0.2) is 0 Å². The fourth-order valence-electron chi connectivity index (χ4n) is 4.04. The number of halogens is 1. The second-order valence-electron chi connectivity index (χ2n) is 8.54. The topological polar surface area (TPSA) is 136 Å². The lowest BCUT2D eigenvalue weighted by atomic mass is 9.99. The Morgan fingerprint density at radius 2 is 1.57 bits per heavy atom. The number of rotatable bonds is 9. The number of aliphatic hydroxyl groups is 1. The Labute approximate surface area is 227 Å². The van der Waals surface area contributed by atoms with E-state index in [-0.39, 0.29) is 35.7 Å². The highest BCUT2D eigenvalue weighted by Gasteiger charge is 2.26. The maximum Gasteiger partial charge on any atom is 0.376 e. The molecule has 40 heavy (non-hydrogen) atoms. The van der Waals surface area contributed by atoms with Crippen LogP contribution in [0.3, 0.4) is 0 Å². The van der Waals surface area contributed by atoms with Crippen molar-refractivity contribution in [2.24, 2.45) is 0 Å². The van der Waals surface area contributed by atoms with Gasteiger partial charge in [0.05, 0.1) is 24.5 Å². The molecule has 0 saturated carbocycles. The van der Waals surface area contributed by atoms with Crippen LogP contribution in [0, 0.1) is 5.82 Å². The molecule has 1 heterocycles. The molecule has 0 aliphatic rings. The average Bonchev–Trinajstić information content (AvgIpc) is 2.95. The van der Waals surface area contributed by atoms with Gasteiger partial charge in [0.1, 0.15) is 17.1 Å². The van der Waals surface area contributed by atoms with Gasteiger partial charge >= 0.3 is 17.6 Å². The average molecular weight is 543 g/mol. The minimum absolute atomic E-state index is 0.0311. The third-order valence-corrected chi connectivity index (χ3v) is 5.90. The standard InChI is InChI=1S/C30H23FN2O7/c1-2-40-29(38)25-26(20-12-14-22(31)15-13-20)32-30(39)33(27(25)21-6-4-3-5-7-21)17-18-8-10-19(11-9-18)23(34)16-24(35)28(36)37/h3-16,34H,2,17H2,1H3,(H,36,37). The van der Waals surface area contributed by atoms with Crippen LogP contribution in [0.15, 0.2) is 89.7 Å². The monoisotopic (exact) mass is 542 g/mol. The Morgan fingerprint density at radius 3 is 2.17 bits per heavy atom. The van der Waals surface area contributed by atoms with Crippen molar-refractivity contribution < 1.29 is 33.7 Å². The molecule has 0 bridgehead atoms. The highest BCUT2D eigenvalue weighted by Crippen LogP contribution is 2.31. The molecule has 0 amide bonds. The molecule has 0 aliphatic carbocycles. The molecule has 0 saturated heterocycles. The van der Waals surface area contributed by atoms with Crippen molar-refractivity contribution in [1.82, 2.24) is 9.55 Å². The van der Waals surface area contributed by atoms with Crippen LogP contribution >= 0.6 is 0 Å². The molecule has 1 aromatic heterocycles. The van der Waals surface area contributed by atoms with E-state index in [1.807, 2.05) is 0 Å². The van der Waals surface area contributed by atoms with Gasteiger partial charge in [-0.1, -0.05) is 54.6 Å². The van der Waals surface area contributed by atoms with E-state index < -0.39 is 35.0 Å². The van der Waals surface area contributed by atoms with Crippen LogP contribution in [-0.4, -0.2) is 44.1 Å². The maximum atomic E-state index is 13.6. The van der Waals surface area contributed by atoms with Crippen molar-refractivity contribution in [1.29, 1.82) is 0 Å². The second-order valence-corrected chi connectivity index (χ2v) is 8.54. The summed E-state index contributed by atoms with van der Waals surface area (Å²) in [5, 5.41) is 18.8. The summed E-state index contributed by atoms with van der Waals surface area (Å²) in [6, 6.07) is 20.1. The van der Waals surface area contributed by atoms with Gasteiger partial charge in [-0.05, 0) is 42.3 Å². The van der Waals surface area contributed by atoms with Gasteiger partial charge in [0, 0.05) is 17.2 Å². The number of ether oxygens (including phenoxy) is 1. The number of carboxylic acid groups (broad SMARTS) is 1. The molecule has 0 spiro atoms. The van der Waals surface area contributed by atoms with Gasteiger partial charge in [-0.25, -0.2) is 18.8 Å². The van der Waals surface area contributed by atoms with Gasteiger partial charge in [-0.2, -0.15) is 4.98 Å². The number of esters is 1. The summed E-state index contributed by atoms with van der Waals surface area (Å²) in [5.74, 6) is -4.72. The summed E-state index contributed by atoms with van der Waals surface area (Å²) in [6.45, 7) is 1.68. The zero-order chi connectivity index (χ0) is 28.8. The van der Waals surface area contributed by atoms with Crippen LogP contribution < -0.4 is 5.69 Å². The number of carbonyl (C=O) groups is 3. The van der Waals surface area contributed by atoms with Gasteiger partial charge in [0.2, 0.25) is 0 Å². The first-order valence-electron chi connectivity index (χ1n) is 12.1. The predicted octanol–water partition coefficient (Wildman–Crippen LogP) is 4.49. The summed E-state index contributed by atoms with van der Waals surface area (Å²) in [6.07, 6.45) is 0.596. The highest BCUT2D eigenvalue weighted by atomic mass is 19.1. The fraction of sp³-hybridized carbons (Fsp3) is 0.100. The molecule has 10 heteroatoms. The molecule has 202 valence electrons. The van der Waals surface area contributed by atoms with Crippen molar-refractivity contribution in [3.63, 3.8) is 0 Å². The molecule has 4 rings (SSSR count). The summed E-state index contributed by atoms with van der Waals surface area (Å²) in [4.78, 5) is 53.1. The smallest absolute Gasteiger partial charge is 0.376 e. The van der Waals surface area contributed by atoms with Gasteiger partial charge in [-0.15, -0.1) is 0 Å². The van der Waals surface area contributed by atoms with Crippen LogP contribution in [0.5, 0.6) is 0 Å². The highest BCUT2D eigenvalue weighted by molar-refractivity contribution is 6.38. The van der Waals surface area contributed by atoms with Gasteiger partial charge in [0.25, 0.3) is 5.78 Å². The number of carbonyl (C=O) groups excluding carboxylic acids is 2. The molecular formula is C30H23FN2O7. The van der Waals surface area contributed by atoms with E-state index in [0.717, 1.165) is 0 Å². The first kappa shape index (κ1) is 27.6. The van der Waals surface area contributed by atoms with Crippen molar-refractivity contribution in [3.8, 4) is 22.5 Å². The van der Waals surface area contributed by atoms with E-state index in [4.69, 9.17) is 9.84 Å². The summed E-state index contributed by atoms with van der Waals surface area (Å²) in [7, 11) is 0. The minimum Gasteiger partial charge on any atom is -0.507 e. The summed E-state index contributed by atoms with van der Waals surface area (Å²) in [5.41, 5.74) is 1.31. The lowest BCUT2D eigenvalue weighted by Crippen LogP contribution is -2.29. The van der Waals surface area contributed by atoms with Crippen molar-refractivity contribution in [3.05, 3.63) is 118 Å². The van der Waals surface area contributed by atoms with Crippen molar-refractivity contribution in [2.75, 3.05) is 6.61 Å². The molecule has 0 aliphatic heterocycles. The largest absolute Gasteiger partial charge is 0.507 e. The number of benzene rings is 3. The Balaban J connectivity index is 1.88. The van der Waals surface area contributed by atoms with Crippen molar-refractivity contribution >= 4 is 23.5 Å². The number of carboxylic acids is 1. The first-order chi connectivity index (χ1) is 19.2. The molecule has 9 nitrogen and oxygen atoms in total. The number of nitrogens with zero attached hydrogens (tertiary/aromatic N) is 2. The van der Waals surface area contributed by atoms with Crippen LogP contribution in [0.4, 0.5) is 4.39 Å². The minimum atomic E-state index is -1.70. The number of aliphatic hydroxyl groups excluding tert-OH is 1. The molecule has 0 atom stereocenters. The number of aliphatic carboxylic acids is 1. The zero-order valence-electron chi connectivity index (χ0n) is 21.2. The van der Waals surface area contributed by atoms with E-state index in [1.54, 1.807) is 49.4 Å². The lowest BCUT2D eigenvalue weighted by Gasteiger charge is -2.19. The quantitative estimate of drug-likeness (QED) is 0.137. The molecule has 3 aromatic carbocycles. The Kier molecular flexibility index (Phi) is 8.29. The van der Waals surface area contributed by atoms with Crippen LogP contribution in [0.1, 0.15) is 28.4 Å². The molecule has 0 unspecified atom stereocenters. The summed E-state index contributed by atoms with van der Waals surface area (Å²) < 4.78 is 20.3. The van der Waals surface area contributed by atoms with Crippen LogP contribution in [0.2, 0.25) is 0 Å². The number of ketones is 1. The summed E-state index contributed by atoms with van der Waals surface area (Å²) >= 11 is 0. The van der Waals surface area contributed by atoms with E-state index in [2.05, 4.69) is 4.98 Å². The number of aromatic nitrogens is 2. The SMILES string of the molecule is CCOC(=O)c1c(-c2ccc(F)cc2)nc(=O)n(Cc2ccc(C(O)=CC(=O)C(=O)O)cc2)c1-c1ccccc1. The predicted molar refractivity (Wildman–Crippen MR) is 144 cm³/mol. The van der Waals surface area contributed by atoms with Crippen LogP contribution in [0.25, 0.3) is 28.3 Å². The van der Waals surface area contributed by atoms with Crippen molar-refractivity contribution in [2.45, 2.75) is 13.5 Å². The van der Waals surface area contributed by atoms with Crippen LogP contribution in [-0.2, 0) is 20.9 Å². The van der Waals surface area contributed by atoms with E-state index in [1.165, 1.54) is 41.0 Å². The van der Waals surface area contributed by atoms with Gasteiger partial charge in [-0.3, -0.25) is 9.36 Å². The fourth-order valence-corrected chi connectivity index (χ4v) is 4.04. The second kappa shape index (κ2) is 12.0. The van der Waals surface area contributed by atoms with E-state index in [9.17, 15) is 28.7 Å². The Morgan fingerprint density at radius 1 is 0.925 bits per heavy atom. The molecule has 0 fully saturated rings. The lowest BCUT2D eigenvalue weighted by molar-refractivity contribution is -0.146. The molecular weight excluding hydrogens is 519 g/mol. The Bertz CT molecular complexity index is 1660. The molecule has 4 aromatic rings. The van der Waals surface area contributed by atoms with E-state index in [0.29, 0.717) is 22.8 Å². The van der Waals surface area contributed by atoms with Gasteiger partial charge < -0.3 is 14.9 Å². The normalized spacial score (nSPS) is 11.2. The third-order valence-electron chi connectivity index (χ3n) is 5.90. The molecule has 2 N–H and O–H groups in total. The number of hydrogen-bond donors (Lipinski definition) is 2. The maximum absolute atomic E-state index is 13.6. The number of hydrogen-bond acceptors (Lipinski definition) is 7.